The first kappa shape index (κ1) is 17.1. The minimum Gasteiger partial charge on any atom is -0.197 e. The van der Waals surface area contributed by atoms with Crippen LogP contribution in [0.4, 0.5) is 0 Å². The second kappa shape index (κ2) is 6.13. The predicted molar refractivity (Wildman–Crippen MR) is 109 cm³/mol. The fourth-order valence-corrected chi connectivity index (χ4v) is 4.81. The lowest BCUT2D eigenvalue weighted by atomic mass is 9.64. The summed E-state index contributed by atoms with van der Waals surface area (Å²) in [7, 11) is 0. The predicted octanol–water partition coefficient (Wildman–Crippen LogP) is 6.44. The van der Waals surface area contributed by atoms with Crippen molar-refractivity contribution in [3.63, 3.8) is 0 Å². The van der Waals surface area contributed by atoms with E-state index in [1.54, 1.807) is 0 Å². The molecule has 4 rings (SSSR count). The van der Waals surface area contributed by atoms with Crippen molar-refractivity contribution in [1.29, 1.82) is 5.26 Å². The van der Waals surface area contributed by atoms with E-state index < -0.39 is 0 Å². The summed E-state index contributed by atoms with van der Waals surface area (Å²) in [5.41, 5.74) is 11.6. The number of hydrogen-bond acceptors (Lipinski definition) is 1. The third-order valence-corrected chi connectivity index (χ3v) is 6.49. The Morgan fingerprint density at radius 1 is 1.04 bits per heavy atom. The van der Waals surface area contributed by atoms with Gasteiger partial charge in [-0.25, -0.2) is 0 Å². The second-order valence-corrected chi connectivity index (χ2v) is 8.33. The average Bonchev–Trinajstić information content (AvgIpc) is 3.02. The highest BCUT2D eigenvalue weighted by Gasteiger charge is 2.39. The molecule has 0 aromatic heterocycles. The van der Waals surface area contributed by atoms with Crippen molar-refractivity contribution in [3.05, 3.63) is 64.2 Å². The fraction of sp³-hybridized carbons (Fsp3) is 0.400. The fourth-order valence-electron chi connectivity index (χ4n) is 4.81. The van der Waals surface area contributed by atoms with Gasteiger partial charge in [0.15, 0.2) is 0 Å². The molecule has 1 saturated carbocycles. The Bertz CT molecular complexity index is 951. The molecule has 0 aliphatic heterocycles. The van der Waals surface area contributed by atoms with Crippen LogP contribution in [0, 0.1) is 25.2 Å². The Morgan fingerprint density at radius 2 is 1.81 bits per heavy atom. The molecule has 0 N–H and O–H groups in total. The summed E-state index contributed by atoms with van der Waals surface area (Å²) in [4.78, 5) is 0. The van der Waals surface area contributed by atoms with Gasteiger partial charge < -0.3 is 0 Å². The molecule has 2 aliphatic rings. The van der Waals surface area contributed by atoms with E-state index >= 15 is 0 Å². The number of allylic oxidation sites excluding steroid dienone is 1. The summed E-state index contributed by atoms with van der Waals surface area (Å²) in [6, 6.07) is 11.9. The standard InChI is InChI=1S/C25H27N/c1-16(2)22-13-20(25(15-26)9-6-10-25)14-23(18(22)4)24-12-17(3)11-19-7-5-8-21(19)24/h11-14H,1,5-10H2,2-4H3. The molecular weight excluding hydrogens is 314 g/mol. The normalized spacial score (nSPS) is 17.3. The van der Waals surface area contributed by atoms with Crippen LogP contribution in [0.2, 0.25) is 0 Å². The average molecular weight is 341 g/mol. The maximum atomic E-state index is 9.88. The number of aryl methyl sites for hydroxylation is 2. The summed E-state index contributed by atoms with van der Waals surface area (Å²) >= 11 is 0. The van der Waals surface area contributed by atoms with Gasteiger partial charge in [-0.2, -0.15) is 5.26 Å². The van der Waals surface area contributed by atoms with Crippen LogP contribution in [0.15, 0.2) is 30.8 Å². The van der Waals surface area contributed by atoms with Gasteiger partial charge in [0.05, 0.1) is 11.5 Å². The van der Waals surface area contributed by atoms with Crippen molar-refractivity contribution in [1.82, 2.24) is 0 Å². The molecule has 0 heterocycles. The SMILES string of the molecule is C=C(C)c1cc(C2(C#N)CCC2)cc(-c2cc(C)cc3c2CCC3)c1C. The van der Waals surface area contributed by atoms with E-state index in [1.807, 2.05) is 0 Å². The highest BCUT2D eigenvalue weighted by molar-refractivity contribution is 5.80. The number of nitriles is 1. The van der Waals surface area contributed by atoms with Crippen LogP contribution >= 0.6 is 0 Å². The molecule has 0 spiro atoms. The molecule has 0 unspecified atom stereocenters. The van der Waals surface area contributed by atoms with E-state index in [1.165, 1.54) is 63.8 Å². The molecule has 26 heavy (non-hydrogen) atoms. The summed E-state index contributed by atoms with van der Waals surface area (Å²) in [6.45, 7) is 10.7. The molecule has 1 nitrogen and oxygen atoms in total. The molecule has 2 aliphatic carbocycles. The molecular formula is C25H27N. The lowest BCUT2D eigenvalue weighted by molar-refractivity contribution is 0.324. The quantitative estimate of drug-likeness (QED) is 0.630. The van der Waals surface area contributed by atoms with Gasteiger partial charge >= 0.3 is 0 Å². The summed E-state index contributed by atoms with van der Waals surface area (Å²) < 4.78 is 0. The molecule has 0 bridgehead atoms. The minimum absolute atomic E-state index is 0.292. The van der Waals surface area contributed by atoms with Gasteiger partial charge in [-0.3, -0.25) is 0 Å². The highest BCUT2D eigenvalue weighted by Crippen LogP contribution is 2.46. The Kier molecular flexibility index (Phi) is 4.03. The van der Waals surface area contributed by atoms with Crippen LogP contribution in [0.3, 0.4) is 0 Å². The minimum atomic E-state index is -0.292. The third-order valence-electron chi connectivity index (χ3n) is 6.49. The molecule has 1 heteroatoms. The van der Waals surface area contributed by atoms with Crippen LogP contribution < -0.4 is 0 Å². The molecule has 0 atom stereocenters. The van der Waals surface area contributed by atoms with Crippen LogP contribution in [0.5, 0.6) is 0 Å². The summed E-state index contributed by atoms with van der Waals surface area (Å²) in [5, 5.41) is 9.88. The highest BCUT2D eigenvalue weighted by atomic mass is 14.4. The van der Waals surface area contributed by atoms with Crippen LogP contribution in [-0.2, 0) is 18.3 Å². The van der Waals surface area contributed by atoms with Gasteiger partial charge in [0, 0.05) is 0 Å². The number of hydrogen-bond donors (Lipinski definition) is 0. The van der Waals surface area contributed by atoms with E-state index in [-0.39, 0.29) is 5.41 Å². The second-order valence-electron chi connectivity index (χ2n) is 8.33. The first-order valence-corrected chi connectivity index (χ1v) is 9.80. The van der Waals surface area contributed by atoms with Crippen molar-refractivity contribution in [2.24, 2.45) is 0 Å². The lowest BCUT2D eigenvalue weighted by Crippen LogP contribution is -2.32. The lowest BCUT2D eigenvalue weighted by Gasteiger charge is -2.36. The molecule has 132 valence electrons. The maximum absolute atomic E-state index is 9.88. The molecule has 0 amide bonds. The van der Waals surface area contributed by atoms with Gasteiger partial charge in [0.25, 0.3) is 0 Å². The zero-order chi connectivity index (χ0) is 18.5. The van der Waals surface area contributed by atoms with E-state index in [0.29, 0.717) is 0 Å². The largest absolute Gasteiger partial charge is 0.197 e. The van der Waals surface area contributed by atoms with Crippen molar-refractivity contribution in [3.8, 4) is 17.2 Å². The van der Waals surface area contributed by atoms with E-state index in [9.17, 15) is 5.26 Å². The zero-order valence-corrected chi connectivity index (χ0v) is 16.2. The number of rotatable bonds is 3. The Hall–Kier alpha value is -2.33. The first-order valence-electron chi connectivity index (χ1n) is 9.80. The van der Waals surface area contributed by atoms with E-state index in [4.69, 9.17) is 0 Å². The molecule has 2 aromatic rings. The Morgan fingerprint density at radius 3 is 2.42 bits per heavy atom. The summed E-state index contributed by atoms with van der Waals surface area (Å²) in [5.74, 6) is 0. The first-order chi connectivity index (χ1) is 12.4. The van der Waals surface area contributed by atoms with Crippen molar-refractivity contribution < 1.29 is 0 Å². The Labute approximate surface area is 157 Å². The number of fused-ring (bicyclic) bond motifs is 1. The van der Waals surface area contributed by atoms with Gasteiger partial charge in [0.1, 0.15) is 0 Å². The van der Waals surface area contributed by atoms with Crippen molar-refractivity contribution in [2.45, 2.75) is 64.7 Å². The molecule has 1 fully saturated rings. The van der Waals surface area contributed by atoms with Crippen molar-refractivity contribution >= 4 is 5.57 Å². The molecule has 0 radical (unpaired) electrons. The van der Waals surface area contributed by atoms with Crippen LogP contribution in [0.25, 0.3) is 16.7 Å². The van der Waals surface area contributed by atoms with Gasteiger partial charge in [-0.1, -0.05) is 29.8 Å². The smallest absolute Gasteiger partial charge is 0.0822 e. The van der Waals surface area contributed by atoms with Gasteiger partial charge in [-0.15, -0.1) is 0 Å². The van der Waals surface area contributed by atoms with Gasteiger partial charge in [-0.05, 0) is 110 Å². The molecule has 0 saturated heterocycles. The Balaban J connectivity index is 1.99. The van der Waals surface area contributed by atoms with Crippen molar-refractivity contribution in [2.75, 3.05) is 0 Å². The van der Waals surface area contributed by atoms with Crippen LogP contribution in [-0.4, -0.2) is 0 Å². The number of benzene rings is 2. The van der Waals surface area contributed by atoms with Gasteiger partial charge in [0.2, 0.25) is 0 Å². The maximum Gasteiger partial charge on any atom is 0.0822 e. The van der Waals surface area contributed by atoms with E-state index in [0.717, 1.165) is 24.8 Å². The molecule has 2 aromatic carbocycles. The van der Waals surface area contributed by atoms with E-state index in [2.05, 4.69) is 57.7 Å². The summed E-state index contributed by atoms with van der Waals surface area (Å²) in [6.07, 6.45) is 6.72. The topological polar surface area (TPSA) is 23.8 Å². The monoisotopic (exact) mass is 341 g/mol. The zero-order valence-electron chi connectivity index (χ0n) is 16.2. The number of nitrogens with zero attached hydrogens (tertiary/aromatic N) is 1. The van der Waals surface area contributed by atoms with Crippen LogP contribution in [0.1, 0.15) is 66.0 Å². The third kappa shape index (κ3) is 2.52.